The second kappa shape index (κ2) is 11.0. The third-order valence-electron chi connectivity index (χ3n) is 6.27. The molecule has 4 rings (SSSR count). The summed E-state index contributed by atoms with van der Waals surface area (Å²) in [5, 5.41) is 1.59. The average Bonchev–Trinajstić information content (AvgIpc) is 3.29. The Labute approximate surface area is 223 Å². The summed E-state index contributed by atoms with van der Waals surface area (Å²) in [6.07, 6.45) is -4.89. The largest absolute Gasteiger partial charge is 0.573 e. The van der Waals surface area contributed by atoms with E-state index in [2.05, 4.69) is 20.4 Å². The number of hydrogen-bond donors (Lipinski definition) is 1. The zero-order chi connectivity index (χ0) is 27.7. The molecule has 0 atom stereocenters. The van der Waals surface area contributed by atoms with Gasteiger partial charge in [0.1, 0.15) is 5.75 Å². The predicted molar refractivity (Wildman–Crippen MR) is 140 cm³/mol. The first kappa shape index (κ1) is 27.9. The van der Waals surface area contributed by atoms with Crippen LogP contribution in [0.2, 0.25) is 0 Å². The minimum Gasteiger partial charge on any atom is -0.406 e. The maximum Gasteiger partial charge on any atom is 0.573 e. The topological polar surface area (TPSA) is 84.9 Å². The maximum atomic E-state index is 13.4. The molecule has 7 nitrogen and oxygen atoms in total. The van der Waals surface area contributed by atoms with E-state index in [1.807, 2.05) is 20.8 Å². The van der Waals surface area contributed by atoms with Gasteiger partial charge >= 0.3 is 6.36 Å². The van der Waals surface area contributed by atoms with Gasteiger partial charge in [-0.2, -0.15) is 0 Å². The Balaban J connectivity index is 1.58. The number of nitrogens with one attached hydrogen (secondary N) is 1. The van der Waals surface area contributed by atoms with E-state index in [1.54, 1.807) is 5.38 Å². The van der Waals surface area contributed by atoms with Crippen molar-refractivity contribution in [3.05, 3.63) is 68.9 Å². The molecular formula is C26H27F3N2O5S2. The van der Waals surface area contributed by atoms with Crippen molar-refractivity contribution in [3.8, 4) is 5.75 Å². The second-order valence-corrected chi connectivity index (χ2v) is 11.6. The SMILES string of the molecule is Cc1cc(C)c(N2CCOCC2)c(C)c1CC(=O)c1sccc1NS(=O)(=O)c1cccc(OC(F)(F)F)c1. The fourth-order valence-corrected chi connectivity index (χ4v) is 6.61. The van der Waals surface area contributed by atoms with Gasteiger partial charge in [0, 0.05) is 31.3 Å². The van der Waals surface area contributed by atoms with Gasteiger partial charge in [-0.05, 0) is 66.6 Å². The second-order valence-electron chi connectivity index (χ2n) is 8.95. The lowest BCUT2D eigenvalue weighted by Crippen LogP contribution is -2.37. The minimum absolute atomic E-state index is 0.0676. The van der Waals surface area contributed by atoms with Crippen LogP contribution in [0.25, 0.3) is 0 Å². The summed E-state index contributed by atoms with van der Waals surface area (Å²) >= 11 is 1.09. The number of carbonyl (C=O) groups is 1. The number of morpholine rings is 1. The minimum atomic E-state index is -4.96. The van der Waals surface area contributed by atoms with E-state index in [4.69, 9.17) is 4.74 Å². The highest BCUT2D eigenvalue weighted by atomic mass is 32.2. The molecule has 204 valence electrons. The monoisotopic (exact) mass is 568 g/mol. The third kappa shape index (κ3) is 6.30. The lowest BCUT2D eigenvalue weighted by atomic mass is 9.92. The molecule has 1 aliphatic heterocycles. The molecule has 2 aromatic carbocycles. The number of rotatable bonds is 8. The van der Waals surface area contributed by atoms with Crippen molar-refractivity contribution in [2.45, 2.75) is 38.4 Å². The van der Waals surface area contributed by atoms with Crippen molar-refractivity contribution in [2.75, 3.05) is 35.9 Å². The van der Waals surface area contributed by atoms with E-state index < -0.39 is 27.0 Å². The summed E-state index contributed by atoms with van der Waals surface area (Å²) < 4.78 is 75.3. The summed E-state index contributed by atoms with van der Waals surface area (Å²) in [5.41, 5.74) is 5.09. The molecule has 0 amide bonds. The van der Waals surface area contributed by atoms with Crippen LogP contribution in [0.1, 0.15) is 31.9 Å². The molecule has 1 fully saturated rings. The highest BCUT2D eigenvalue weighted by molar-refractivity contribution is 7.92. The maximum absolute atomic E-state index is 13.4. The molecule has 0 saturated carbocycles. The Morgan fingerprint density at radius 1 is 1.11 bits per heavy atom. The van der Waals surface area contributed by atoms with Crippen molar-refractivity contribution in [2.24, 2.45) is 0 Å². The van der Waals surface area contributed by atoms with E-state index in [9.17, 15) is 26.4 Å². The Hall–Kier alpha value is -3.09. The van der Waals surface area contributed by atoms with Gasteiger partial charge in [0.25, 0.3) is 10.0 Å². The van der Waals surface area contributed by atoms with Crippen molar-refractivity contribution >= 4 is 38.5 Å². The van der Waals surface area contributed by atoms with E-state index in [0.29, 0.717) is 13.2 Å². The normalized spacial score (nSPS) is 14.4. The van der Waals surface area contributed by atoms with E-state index in [-0.39, 0.29) is 22.8 Å². The molecule has 1 N–H and O–H groups in total. The summed E-state index contributed by atoms with van der Waals surface area (Å²) in [6, 6.07) is 7.57. The fourth-order valence-electron chi connectivity index (χ4n) is 4.65. The van der Waals surface area contributed by atoms with Crippen LogP contribution in [-0.2, 0) is 21.2 Å². The number of anilines is 2. The van der Waals surface area contributed by atoms with Gasteiger partial charge in [0.2, 0.25) is 0 Å². The summed E-state index contributed by atoms with van der Waals surface area (Å²) in [6.45, 7) is 8.74. The molecule has 1 saturated heterocycles. The van der Waals surface area contributed by atoms with Crippen LogP contribution in [0.5, 0.6) is 5.75 Å². The van der Waals surface area contributed by atoms with Crippen molar-refractivity contribution in [1.82, 2.24) is 0 Å². The smallest absolute Gasteiger partial charge is 0.406 e. The number of ketones is 1. The Kier molecular flexibility index (Phi) is 8.05. The van der Waals surface area contributed by atoms with Gasteiger partial charge in [0.15, 0.2) is 5.78 Å². The number of sulfonamides is 1. The van der Waals surface area contributed by atoms with Gasteiger partial charge in [-0.3, -0.25) is 9.52 Å². The first-order chi connectivity index (χ1) is 17.9. The molecule has 0 radical (unpaired) electrons. The van der Waals surface area contributed by atoms with Crippen LogP contribution < -0.4 is 14.4 Å². The van der Waals surface area contributed by atoms with Crippen molar-refractivity contribution < 1.29 is 35.9 Å². The van der Waals surface area contributed by atoms with E-state index in [1.165, 1.54) is 6.07 Å². The van der Waals surface area contributed by atoms with E-state index >= 15 is 0 Å². The summed E-state index contributed by atoms with van der Waals surface area (Å²) in [7, 11) is -4.29. The van der Waals surface area contributed by atoms with Crippen LogP contribution in [0, 0.1) is 20.8 Å². The highest BCUT2D eigenvalue weighted by Crippen LogP contribution is 2.34. The Bertz CT molecular complexity index is 1450. The third-order valence-corrected chi connectivity index (χ3v) is 8.59. The lowest BCUT2D eigenvalue weighted by molar-refractivity contribution is -0.274. The fraction of sp³-hybridized carbons (Fsp3) is 0.346. The van der Waals surface area contributed by atoms with E-state index in [0.717, 1.165) is 76.6 Å². The number of Topliss-reactive ketones (excluding diaryl/α,β-unsaturated/α-hetero) is 1. The van der Waals surface area contributed by atoms with Gasteiger partial charge in [0.05, 0.1) is 28.7 Å². The van der Waals surface area contributed by atoms with Gasteiger partial charge in [-0.15, -0.1) is 24.5 Å². The molecule has 38 heavy (non-hydrogen) atoms. The molecule has 1 aliphatic rings. The Morgan fingerprint density at radius 3 is 2.50 bits per heavy atom. The standard InChI is InChI=1S/C26H27F3N2O5S2/c1-16-13-17(2)24(31-8-10-35-11-9-31)18(3)21(16)15-23(32)25-22(7-12-37-25)30-38(33,34)20-6-4-5-19(14-20)36-26(27,28)29/h4-7,12-14,30H,8-11,15H2,1-3H3. The first-order valence-corrected chi connectivity index (χ1v) is 14.1. The molecule has 0 unspecified atom stereocenters. The zero-order valence-electron chi connectivity index (χ0n) is 21.0. The molecule has 2 heterocycles. The number of ether oxygens (including phenoxy) is 2. The molecule has 0 aliphatic carbocycles. The van der Waals surface area contributed by atoms with Crippen LogP contribution in [0.4, 0.5) is 24.5 Å². The highest BCUT2D eigenvalue weighted by Gasteiger charge is 2.32. The van der Waals surface area contributed by atoms with Gasteiger partial charge in [-0.25, -0.2) is 8.42 Å². The van der Waals surface area contributed by atoms with Crippen LogP contribution in [0.3, 0.4) is 0 Å². The number of carbonyl (C=O) groups excluding carboxylic acids is 1. The van der Waals surface area contributed by atoms with Crippen molar-refractivity contribution in [3.63, 3.8) is 0 Å². The van der Waals surface area contributed by atoms with Crippen LogP contribution >= 0.6 is 11.3 Å². The molecule has 12 heteroatoms. The predicted octanol–water partition coefficient (Wildman–Crippen LogP) is 5.63. The van der Waals surface area contributed by atoms with Crippen LogP contribution in [-0.4, -0.2) is 46.9 Å². The number of thiophene rings is 1. The number of nitrogens with zero attached hydrogens (tertiary/aromatic N) is 1. The van der Waals surface area contributed by atoms with Gasteiger partial charge in [-0.1, -0.05) is 12.1 Å². The molecular weight excluding hydrogens is 541 g/mol. The summed E-state index contributed by atoms with van der Waals surface area (Å²) in [4.78, 5) is 15.4. The first-order valence-electron chi connectivity index (χ1n) is 11.8. The summed E-state index contributed by atoms with van der Waals surface area (Å²) in [5.74, 6) is -0.932. The molecule has 3 aromatic rings. The molecule has 0 bridgehead atoms. The quantitative estimate of drug-likeness (QED) is 0.355. The Morgan fingerprint density at radius 2 is 1.82 bits per heavy atom. The molecule has 1 aromatic heterocycles. The average molecular weight is 569 g/mol. The number of halogens is 3. The number of alkyl halides is 3. The number of hydrogen-bond acceptors (Lipinski definition) is 7. The van der Waals surface area contributed by atoms with Crippen LogP contribution in [0.15, 0.2) is 46.7 Å². The molecule has 0 spiro atoms. The van der Waals surface area contributed by atoms with Crippen molar-refractivity contribution in [1.29, 1.82) is 0 Å². The number of aryl methyl sites for hydroxylation is 2. The number of benzene rings is 2. The van der Waals surface area contributed by atoms with Gasteiger partial charge < -0.3 is 14.4 Å². The zero-order valence-corrected chi connectivity index (χ0v) is 22.6. The lowest BCUT2D eigenvalue weighted by Gasteiger charge is -2.32.